The van der Waals surface area contributed by atoms with E-state index in [4.69, 9.17) is 9.84 Å². The van der Waals surface area contributed by atoms with Gasteiger partial charge < -0.3 is 9.84 Å². The minimum Gasteiger partial charge on any atom is -0.476 e. The number of carboxylic acids is 1. The molecule has 7 heteroatoms. The molecule has 1 N–H and O–H groups in total. The van der Waals surface area contributed by atoms with Crippen molar-refractivity contribution in [3.05, 3.63) is 47.0 Å². The van der Waals surface area contributed by atoms with E-state index in [1.807, 2.05) is 0 Å². The lowest BCUT2D eigenvalue weighted by atomic mass is 10.2. The molecule has 0 radical (unpaired) electrons. The zero-order valence-corrected chi connectivity index (χ0v) is 10.2. The number of aromatic carboxylic acids is 1. The van der Waals surface area contributed by atoms with E-state index in [9.17, 15) is 9.18 Å². The van der Waals surface area contributed by atoms with Crippen LogP contribution in [0.25, 0.3) is 0 Å². The van der Waals surface area contributed by atoms with Gasteiger partial charge in [-0.1, -0.05) is 23.4 Å². The Kier molecular flexibility index (Phi) is 3.86. The van der Waals surface area contributed by atoms with E-state index in [2.05, 4.69) is 10.3 Å². The van der Waals surface area contributed by atoms with Crippen LogP contribution in [0.3, 0.4) is 0 Å². The maximum atomic E-state index is 13.5. The Hall–Kier alpha value is -2.28. The monoisotopic (exact) mass is 265 g/mol. The van der Waals surface area contributed by atoms with Crippen LogP contribution in [0.4, 0.5) is 4.39 Å². The van der Waals surface area contributed by atoms with Crippen LogP contribution < -0.4 is 0 Å². The molecule has 0 unspecified atom stereocenters. The summed E-state index contributed by atoms with van der Waals surface area (Å²) in [6.07, 6.45) is 0. The Morgan fingerprint density at radius 2 is 2.21 bits per heavy atom. The van der Waals surface area contributed by atoms with E-state index in [0.717, 1.165) is 0 Å². The molecule has 0 saturated carbocycles. The predicted octanol–water partition coefficient (Wildman–Crippen LogP) is 1.31. The molecule has 19 heavy (non-hydrogen) atoms. The summed E-state index contributed by atoms with van der Waals surface area (Å²) in [4.78, 5) is 11.0. The number of ether oxygens (including phenoxy) is 1. The Bertz CT molecular complexity index is 598. The highest BCUT2D eigenvalue weighted by molar-refractivity contribution is 5.86. The minimum atomic E-state index is -1.19. The number of benzene rings is 1. The van der Waals surface area contributed by atoms with Crippen molar-refractivity contribution in [3.63, 3.8) is 0 Å². The zero-order chi connectivity index (χ0) is 13.8. The van der Waals surface area contributed by atoms with Gasteiger partial charge in [-0.15, -0.1) is 5.10 Å². The first-order valence-electron chi connectivity index (χ1n) is 5.51. The molecule has 100 valence electrons. The van der Waals surface area contributed by atoms with Gasteiger partial charge in [0, 0.05) is 12.7 Å². The van der Waals surface area contributed by atoms with Crippen molar-refractivity contribution in [2.24, 2.45) is 0 Å². The molecule has 0 aliphatic rings. The molecular weight excluding hydrogens is 253 g/mol. The lowest BCUT2D eigenvalue weighted by Crippen LogP contribution is -2.11. The first-order chi connectivity index (χ1) is 9.13. The molecule has 1 heterocycles. The lowest BCUT2D eigenvalue weighted by Gasteiger charge is -2.07. The summed E-state index contributed by atoms with van der Waals surface area (Å²) in [7, 11) is 1.44. The summed E-state index contributed by atoms with van der Waals surface area (Å²) in [5.74, 6) is -1.56. The Balaban J connectivity index is 2.35. The van der Waals surface area contributed by atoms with Crippen LogP contribution in [0.2, 0.25) is 0 Å². The third kappa shape index (κ3) is 2.76. The highest BCUT2D eigenvalue weighted by atomic mass is 19.1. The van der Waals surface area contributed by atoms with Crippen LogP contribution in [0.5, 0.6) is 0 Å². The molecule has 0 spiro atoms. The topological polar surface area (TPSA) is 77.2 Å². The summed E-state index contributed by atoms with van der Waals surface area (Å²) >= 11 is 0. The number of hydrogen-bond acceptors (Lipinski definition) is 4. The predicted molar refractivity (Wildman–Crippen MR) is 63.2 cm³/mol. The standard InChI is InChI=1S/C12H12FN3O3/c1-19-7-10-11(12(17)18)14-15-16(10)6-8-4-2-3-5-9(8)13/h2-5H,6-7H2,1H3,(H,17,18). The summed E-state index contributed by atoms with van der Waals surface area (Å²) in [6.45, 7) is 0.148. The number of carbonyl (C=O) groups is 1. The fourth-order valence-electron chi connectivity index (χ4n) is 1.69. The molecule has 6 nitrogen and oxygen atoms in total. The second kappa shape index (κ2) is 5.57. The molecule has 1 aromatic heterocycles. The van der Waals surface area contributed by atoms with E-state index in [1.54, 1.807) is 18.2 Å². The van der Waals surface area contributed by atoms with Gasteiger partial charge in [0.1, 0.15) is 5.82 Å². The van der Waals surface area contributed by atoms with E-state index in [1.165, 1.54) is 17.9 Å². The zero-order valence-electron chi connectivity index (χ0n) is 10.2. The third-order valence-electron chi connectivity index (χ3n) is 2.60. The first-order valence-corrected chi connectivity index (χ1v) is 5.51. The molecule has 0 atom stereocenters. The van der Waals surface area contributed by atoms with Gasteiger partial charge in [-0.2, -0.15) is 0 Å². The molecule has 0 amide bonds. The van der Waals surface area contributed by atoms with Crippen molar-refractivity contribution in [1.29, 1.82) is 0 Å². The average Bonchev–Trinajstić information content (AvgIpc) is 2.76. The maximum absolute atomic E-state index is 13.5. The molecule has 0 fully saturated rings. The van der Waals surface area contributed by atoms with Crippen molar-refractivity contribution in [3.8, 4) is 0 Å². The van der Waals surface area contributed by atoms with Gasteiger partial charge >= 0.3 is 5.97 Å². The van der Waals surface area contributed by atoms with Gasteiger partial charge in [0.2, 0.25) is 0 Å². The smallest absolute Gasteiger partial charge is 0.358 e. The number of aromatic nitrogens is 3. The second-order valence-corrected chi connectivity index (χ2v) is 3.87. The minimum absolute atomic E-state index is 0.0447. The van der Waals surface area contributed by atoms with Crippen LogP contribution in [-0.4, -0.2) is 33.2 Å². The summed E-state index contributed by atoms with van der Waals surface area (Å²) in [5.41, 5.74) is 0.526. The van der Waals surface area contributed by atoms with Gasteiger partial charge in [-0.05, 0) is 6.07 Å². The lowest BCUT2D eigenvalue weighted by molar-refractivity contribution is 0.0684. The van der Waals surface area contributed by atoms with Gasteiger partial charge in [-0.3, -0.25) is 0 Å². The maximum Gasteiger partial charge on any atom is 0.358 e. The molecule has 2 rings (SSSR count). The van der Waals surface area contributed by atoms with Gasteiger partial charge in [-0.25, -0.2) is 13.9 Å². The quantitative estimate of drug-likeness (QED) is 0.882. The third-order valence-corrected chi connectivity index (χ3v) is 2.60. The van der Waals surface area contributed by atoms with Crippen LogP contribution in [0.15, 0.2) is 24.3 Å². The summed E-state index contributed by atoms with van der Waals surface area (Å²) < 4.78 is 19.8. The van der Waals surface area contributed by atoms with Crippen LogP contribution >= 0.6 is 0 Å². The number of nitrogens with zero attached hydrogens (tertiary/aromatic N) is 3. The van der Waals surface area contributed by atoms with Crippen molar-refractivity contribution in [2.75, 3.05) is 7.11 Å². The van der Waals surface area contributed by atoms with Gasteiger partial charge in [0.15, 0.2) is 5.69 Å². The average molecular weight is 265 g/mol. The van der Waals surface area contributed by atoms with Crippen molar-refractivity contribution in [2.45, 2.75) is 13.2 Å². The number of carboxylic acid groups (broad SMARTS) is 1. The first kappa shape index (κ1) is 13.2. The number of methoxy groups -OCH3 is 1. The van der Waals surface area contributed by atoms with E-state index in [0.29, 0.717) is 11.3 Å². The van der Waals surface area contributed by atoms with E-state index < -0.39 is 5.97 Å². The SMILES string of the molecule is COCc1c(C(=O)O)nnn1Cc1ccccc1F. The van der Waals surface area contributed by atoms with Gasteiger partial charge in [0.25, 0.3) is 0 Å². The highest BCUT2D eigenvalue weighted by Crippen LogP contribution is 2.12. The molecule has 0 aliphatic heterocycles. The fraction of sp³-hybridized carbons (Fsp3) is 0.250. The number of rotatable bonds is 5. The number of hydrogen-bond donors (Lipinski definition) is 1. The van der Waals surface area contributed by atoms with E-state index >= 15 is 0 Å². The van der Waals surface area contributed by atoms with Crippen LogP contribution in [0, 0.1) is 5.82 Å². The molecule has 1 aromatic carbocycles. The second-order valence-electron chi connectivity index (χ2n) is 3.87. The van der Waals surface area contributed by atoms with E-state index in [-0.39, 0.29) is 24.7 Å². The largest absolute Gasteiger partial charge is 0.476 e. The normalized spacial score (nSPS) is 10.6. The molecule has 2 aromatic rings. The van der Waals surface area contributed by atoms with Crippen molar-refractivity contribution < 1.29 is 19.0 Å². The highest BCUT2D eigenvalue weighted by Gasteiger charge is 2.19. The summed E-state index contributed by atoms with van der Waals surface area (Å²) in [6, 6.07) is 6.22. The molecular formula is C12H12FN3O3. The Labute approximate surface area is 108 Å². The fourth-order valence-corrected chi connectivity index (χ4v) is 1.69. The molecule has 0 bridgehead atoms. The Morgan fingerprint density at radius 1 is 1.47 bits per heavy atom. The van der Waals surface area contributed by atoms with Crippen LogP contribution in [0.1, 0.15) is 21.7 Å². The molecule has 0 saturated heterocycles. The van der Waals surface area contributed by atoms with Crippen molar-refractivity contribution in [1.82, 2.24) is 15.0 Å². The summed E-state index contributed by atoms with van der Waals surface area (Å²) in [5, 5.41) is 16.3. The number of halogens is 1. The van der Waals surface area contributed by atoms with Gasteiger partial charge in [0.05, 0.1) is 18.8 Å². The van der Waals surface area contributed by atoms with Crippen molar-refractivity contribution >= 4 is 5.97 Å². The van der Waals surface area contributed by atoms with Crippen LogP contribution in [-0.2, 0) is 17.9 Å². The molecule has 0 aliphatic carbocycles. The Morgan fingerprint density at radius 3 is 2.84 bits per heavy atom.